The molecule has 4 aliphatic heterocycles. The molecule has 0 radical (unpaired) electrons. The number of nitrogens with zero attached hydrogens (tertiary/aromatic N) is 1. The van der Waals surface area contributed by atoms with Crippen molar-refractivity contribution in [2.75, 3.05) is 13.2 Å². The van der Waals surface area contributed by atoms with E-state index in [0.717, 1.165) is 0 Å². The SMILES string of the molecule is OCC1OC(N2CCC(=S)NC2=S)C(O)(C2(c3ccccc3)c3ccccc3Oc3ccccc32)C1(O)C1(c2ccccc2)c2ccccc2Oc2ccccc21. The quantitative estimate of drug-likeness (QED) is 0.128. The molecule has 4 heterocycles. The zero-order valence-electron chi connectivity index (χ0n) is 30.6. The van der Waals surface area contributed by atoms with Crippen molar-refractivity contribution in [2.24, 2.45) is 0 Å². The first-order chi connectivity index (χ1) is 27.8. The molecule has 0 amide bonds. The van der Waals surface area contributed by atoms with Crippen LogP contribution in [-0.4, -0.2) is 67.0 Å². The van der Waals surface area contributed by atoms with E-state index in [1.54, 1.807) is 4.90 Å². The van der Waals surface area contributed by atoms with Crippen molar-refractivity contribution < 1.29 is 29.5 Å². The number of fused-ring (bicyclic) bond motifs is 4. The van der Waals surface area contributed by atoms with Gasteiger partial charge in [0.25, 0.3) is 0 Å². The zero-order valence-corrected chi connectivity index (χ0v) is 32.3. The minimum atomic E-state index is -2.47. The minimum absolute atomic E-state index is 0.231. The molecular formula is C47H38N2O6S2. The fraction of sp³-hybridized carbons (Fsp3) is 0.191. The first-order valence-electron chi connectivity index (χ1n) is 19.0. The molecule has 0 spiro atoms. The van der Waals surface area contributed by atoms with Crippen LogP contribution in [0.2, 0.25) is 0 Å². The van der Waals surface area contributed by atoms with Gasteiger partial charge in [-0.1, -0.05) is 146 Å². The molecule has 2 saturated heterocycles. The van der Waals surface area contributed by atoms with Crippen LogP contribution in [0.4, 0.5) is 0 Å². The van der Waals surface area contributed by atoms with Gasteiger partial charge in [-0.3, -0.25) is 0 Å². The van der Waals surface area contributed by atoms with E-state index < -0.39 is 41.0 Å². The summed E-state index contributed by atoms with van der Waals surface area (Å²) in [5.41, 5.74) is -4.66. The highest BCUT2D eigenvalue weighted by Gasteiger charge is 2.83. The van der Waals surface area contributed by atoms with Crippen LogP contribution in [0.15, 0.2) is 158 Å². The third-order valence-corrected chi connectivity index (χ3v) is 13.0. The number of ether oxygens (including phenoxy) is 3. The molecule has 10 rings (SSSR count). The van der Waals surface area contributed by atoms with Gasteiger partial charge in [0.05, 0.1) is 22.4 Å². The molecule has 4 N–H and O–H groups in total. The standard InChI is InChI=1S/C47H38N2O6S2/c50-29-40-46(51,44(30-15-3-1-4-16-30)32-19-7-11-23-36(32)53-37-24-12-8-20-33(37)44)47(52,42(55-40)49-28-27-41(56)48-43(49)57)45(31-17-5-2-6-18-31)34-21-9-13-25-38(34)54-39-26-14-10-22-35(39)45/h1-26,40,42,50-52H,27-29H2,(H,48,56,57). The summed E-state index contributed by atoms with van der Waals surface area (Å²) in [6, 6.07) is 49.7. The molecule has 0 saturated carbocycles. The molecule has 6 aromatic carbocycles. The number of thiocarbonyl (C=S) groups is 2. The molecule has 0 bridgehead atoms. The highest BCUT2D eigenvalue weighted by atomic mass is 32.1. The van der Waals surface area contributed by atoms with Crippen molar-refractivity contribution in [3.63, 3.8) is 0 Å². The van der Waals surface area contributed by atoms with Crippen LogP contribution < -0.4 is 14.8 Å². The summed E-state index contributed by atoms with van der Waals surface area (Å²) in [7, 11) is 0. The lowest BCUT2D eigenvalue weighted by atomic mass is 9.44. The summed E-state index contributed by atoms with van der Waals surface area (Å²) in [4.78, 5) is 2.33. The number of para-hydroxylation sites is 4. The molecule has 284 valence electrons. The third-order valence-electron chi connectivity index (χ3n) is 12.4. The predicted octanol–water partition coefficient (Wildman–Crippen LogP) is 7.35. The number of nitrogens with one attached hydrogen (secondary N) is 1. The molecule has 2 fully saturated rings. The smallest absolute Gasteiger partial charge is 0.175 e. The Hall–Kier alpha value is -5.46. The van der Waals surface area contributed by atoms with E-state index in [2.05, 4.69) is 5.32 Å². The first-order valence-corrected chi connectivity index (χ1v) is 19.8. The van der Waals surface area contributed by atoms with E-state index in [-0.39, 0.29) is 11.7 Å². The summed E-state index contributed by atoms with van der Waals surface area (Å²) in [6.07, 6.45) is -2.43. The Morgan fingerprint density at radius 3 is 1.35 bits per heavy atom. The Bertz CT molecular complexity index is 2460. The van der Waals surface area contributed by atoms with E-state index in [1.165, 1.54) is 0 Å². The average Bonchev–Trinajstić information content (AvgIpc) is 3.49. The van der Waals surface area contributed by atoms with Gasteiger partial charge >= 0.3 is 0 Å². The van der Waals surface area contributed by atoms with Gasteiger partial charge in [0.1, 0.15) is 34.7 Å². The molecule has 10 heteroatoms. The summed E-state index contributed by atoms with van der Waals surface area (Å²) in [6.45, 7) is -0.405. The molecule has 0 aliphatic carbocycles. The molecule has 8 nitrogen and oxygen atoms in total. The molecule has 6 aromatic rings. The van der Waals surface area contributed by atoms with Crippen LogP contribution >= 0.6 is 24.4 Å². The molecule has 4 aliphatic rings. The van der Waals surface area contributed by atoms with Gasteiger partial charge in [0, 0.05) is 35.2 Å². The molecule has 4 unspecified atom stereocenters. The Morgan fingerprint density at radius 2 is 0.947 bits per heavy atom. The van der Waals surface area contributed by atoms with Gasteiger partial charge < -0.3 is 39.7 Å². The summed E-state index contributed by atoms with van der Waals surface area (Å²) in [5.74, 6) is 1.95. The maximum Gasteiger partial charge on any atom is 0.175 e. The lowest BCUT2D eigenvalue weighted by Gasteiger charge is -2.62. The fourth-order valence-corrected chi connectivity index (χ4v) is 10.9. The van der Waals surface area contributed by atoms with Gasteiger partial charge in [0.15, 0.2) is 16.9 Å². The summed E-state index contributed by atoms with van der Waals surface area (Å²) in [5, 5.41) is 45.9. The minimum Gasteiger partial charge on any atom is -0.457 e. The average molecular weight is 791 g/mol. The molecule has 57 heavy (non-hydrogen) atoms. The van der Waals surface area contributed by atoms with Gasteiger partial charge in [-0.05, 0) is 47.6 Å². The lowest BCUT2D eigenvalue weighted by Crippen LogP contribution is -2.80. The van der Waals surface area contributed by atoms with Crippen molar-refractivity contribution in [2.45, 2.75) is 40.8 Å². The lowest BCUT2D eigenvalue weighted by molar-refractivity contribution is -0.206. The Labute approximate surface area is 340 Å². The van der Waals surface area contributed by atoms with Gasteiger partial charge in [-0.2, -0.15) is 0 Å². The maximum absolute atomic E-state index is 15.4. The number of benzene rings is 6. The number of hydrogen-bond acceptors (Lipinski definition) is 8. The highest BCUT2D eigenvalue weighted by Crippen LogP contribution is 2.70. The second-order valence-electron chi connectivity index (χ2n) is 14.9. The normalized spacial score (nSPS) is 25.1. The van der Waals surface area contributed by atoms with Gasteiger partial charge in [-0.15, -0.1) is 0 Å². The van der Waals surface area contributed by atoms with E-state index in [1.807, 2.05) is 158 Å². The zero-order chi connectivity index (χ0) is 39.0. The Morgan fingerprint density at radius 1 is 0.561 bits per heavy atom. The van der Waals surface area contributed by atoms with Gasteiger partial charge in [0.2, 0.25) is 0 Å². The van der Waals surface area contributed by atoms with Crippen molar-refractivity contribution in [3.05, 3.63) is 191 Å². The largest absolute Gasteiger partial charge is 0.457 e. The van der Waals surface area contributed by atoms with Crippen molar-refractivity contribution >= 4 is 34.5 Å². The van der Waals surface area contributed by atoms with Crippen molar-refractivity contribution in [1.29, 1.82) is 0 Å². The second kappa shape index (κ2) is 13.3. The number of aliphatic hydroxyl groups is 3. The van der Waals surface area contributed by atoms with Crippen LogP contribution in [0.3, 0.4) is 0 Å². The summed E-state index contributed by atoms with van der Waals surface area (Å²) >= 11 is 11.7. The third kappa shape index (κ3) is 4.62. The highest BCUT2D eigenvalue weighted by molar-refractivity contribution is 7.81. The van der Waals surface area contributed by atoms with Crippen LogP contribution in [0.25, 0.3) is 0 Å². The first kappa shape index (κ1) is 35.9. The van der Waals surface area contributed by atoms with Crippen molar-refractivity contribution in [3.8, 4) is 23.0 Å². The Kier molecular flexibility index (Phi) is 8.39. The topological polar surface area (TPSA) is 104 Å². The molecular weight excluding hydrogens is 753 g/mol. The van der Waals surface area contributed by atoms with E-state index in [4.69, 9.17) is 38.6 Å². The Balaban J connectivity index is 1.45. The van der Waals surface area contributed by atoms with Crippen LogP contribution in [0.5, 0.6) is 23.0 Å². The molecule has 4 atom stereocenters. The fourth-order valence-electron chi connectivity index (χ4n) is 10.3. The van der Waals surface area contributed by atoms with Crippen molar-refractivity contribution in [1.82, 2.24) is 10.2 Å². The van der Waals surface area contributed by atoms with Crippen LogP contribution in [-0.2, 0) is 15.6 Å². The monoisotopic (exact) mass is 790 g/mol. The van der Waals surface area contributed by atoms with E-state index in [0.29, 0.717) is 67.8 Å². The number of hydrogen-bond donors (Lipinski definition) is 4. The number of aliphatic hydroxyl groups excluding tert-OH is 1. The predicted molar refractivity (Wildman–Crippen MR) is 224 cm³/mol. The maximum atomic E-state index is 15.4. The number of rotatable bonds is 6. The van der Waals surface area contributed by atoms with Crippen LogP contribution in [0, 0.1) is 0 Å². The van der Waals surface area contributed by atoms with Crippen LogP contribution in [0.1, 0.15) is 39.8 Å². The summed E-state index contributed by atoms with van der Waals surface area (Å²) < 4.78 is 20.5. The van der Waals surface area contributed by atoms with E-state index >= 15 is 10.2 Å². The molecule has 0 aromatic heterocycles. The van der Waals surface area contributed by atoms with E-state index in [9.17, 15) is 5.11 Å². The van der Waals surface area contributed by atoms with Gasteiger partial charge in [-0.25, -0.2) is 0 Å². The second-order valence-corrected chi connectivity index (χ2v) is 15.8.